The zero-order chi connectivity index (χ0) is 18.7. The maximum Gasteiger partial charge on any atom is 0.239 e. The molecule has 0 saturated heterocycles. The van der Waals surface area contributed by atoms with E-state index in [1.807, 2.05) is 53.9 Å². The Morgan fingerprint density at radius 1 is 1.23 bits per heavy atom. The molecular formula is C19H23N5O2. The fourth-order valence-corrected chi connectivity index (χ4v) is 2.90. The first-order chi connectivity index (χ1) is 12.4. The molecule has 3 rings (SSSR count). The molecule has 0 unspecified atom stereocenters. The number of carbonyl (C=O) groups excluding carboxylic acids is 1. The molecule has 3 aromatic rings. The normalized spacial score (nSPS) is 11.1. The molecule has 26 heavy (non-hydrogen) atoms. The van der Waals surface area contributed by atoms with Crippen LogP contribution in [0.1, 0.15) is 22.7 Å². The fourth-order valence-electron chi connectivity index (χ4n) is 2.90. The third-order valence-corrected chi connectivity index (χ3v) is 4.18. The molecule has 0 fully saturated rings. The van der Waals surface area contributed by atoms with Crippen LogP contribution in [-0.2, 0) is 11.3 Å². The quantitative estimate of drug-likeness (QED) is 0.737. The highest BCUT2D eigenvalue weighted by molar-refractivity contribution is 5.91. The van der Waals surface area contributed by atoms with Crippen LogP contribution in [0.4, 0.5) is 5.82 Å². The van der Waals surface area contributed by atoms with E-state index in [0.29, 0.717) is 18.1 Å². The lowest BCUT2D eigenvalue weighted by molar-refractivity contribution is -0.117. The smallest absolute Gasteiger partial charge is 0.239 e. The maximum atomic E-state index is 12.2. The van der Waals surface area contributed by atoms with E-state index in [4.69, 9.17) is 4.52 Å². The lowest BCUT2D eigenvalue weighted by Gasteiger charge is -2.16. The molecule has 1 amide bonds. The number of hydrogen-bond donors (Lipinski definition) is 1. The second kappa shape index (κ2) is 7.53. The topological polar surface area (TPSA) is 76.2 Å². The van der Waals surface area contributed by atoms with Gasteiger partial charge < -0.3 is 9.84 Å². The first-order valence-electron chi connectivity index (χ1n) is 8.46. The van der Waals surface area contributed by atoms with Crippen molar-refractivity contribution in [3.05, 3.63) is 59.1 Å². The molecule has 2 heterocycles. The number of likely N-dealkylation sites (N-methyl/N-ethyl adjacent to an activating group) is 1. The Labute approximate surface area is 152 Å². The summed E-state index contributed by atoms with van der Waals surface area (Å²) in [7, 11) is 1.91. The predicted molar refractivity (Wildman–Crippen MR) is 99.2 cm³/mol. The molecule has 1 N–H and O–H groups in total. The zero-order valence-corrected chi connectivity index (χ0v) is 15.5. The highest BCUT2D eigenvalue weighted by Crippen LogP contribution is 2.19. The largest absolute Gasteiger partial charge is 0.360 e. The molecule has 0 aliphatic carbocycles. The summed E-state index contributed by atoms with van der Waals surface area (Å²) in [6.45, 7) is 6.71. The number of anilines is 1. The van der Waals surface area contributed by atoms with E-state index in [0.717, 1.165) is 22.6 Å². The molecule has 0 radical (unpaired) electrons. The number of aryl methyl sites for hydroxylation is 2. The Morgan fingerprint density at radius 2 is 1.96 bits per heavy atom. The number of aromatic nitrogens is 3. The number of benzene rings is 1. The van der Waals surface area contributed by atoms with E-state index in [9.17, 15) is 4.79 Å². The zero-order valence-electron chi connectivity index (χ0n) is 15.5. The van der Waals surface area contributed by atoms with Gasteiger partial charge in [0.2, 0.25) is 5.91 Å². The van der Waals surface area contributed by atoms with Gasteiger partial charge in [0.15, 0.2) is 5.82 Å². The molecule has 1 aromatic carbocycles. The minimum atomic E-state index is -0.133. The molecule has 0 atom stereocenters. The summed E-state index contributed by atoms with van der Waals surface area (Å²) in [4.78, 5) is 14.1. The number of rotatable bonds is 6. The van der Waals surface area contributed by atoms with Gasteiger partial charge in [-0.25, -0.2) is 4.68 Å². The Bertz CT molecular complexity index is 898. The van der Waals surface area contributed by atoms with E-state index in [1.54, 1.807) is 13.0 Å². The molecule has 7 heteroatoms. The Morgan fingerprint density at radius 3 is 2.62 bits per heavy atom. The molecule has 0 aliphatic rings. The molecule has 0 saturated carbocycles. The van der Waals surface area contributed by atoms with Gasteiger partial charge in [-0.15, -0.1) is 0 Å². The summed E-state index contributed by atoms with van der Waals surface area (Å²) in [5.74, 6) is 0.963. The van der Waals surface area contributed by atoms with Gasteiger partial charge in [0.25, 0.3) is 0 Å². The Hall–Kier alpha value is -2.93. The van der Waals surface area contributed by atoms with Crippen LogP contribution in [0, 0.1) is 20.8 Å². The summed E-state index contributed by atoms with van der Waals surface area (Å²) < 4.78 is 6.89. The lowest BCUT2D eigenvalue weighted by atomic mass is 10.2. The van der Waals surface area contributed by atoms with Crippen molar-refractivity contribution < 1.29 is 9.32 Å². The van der Waals surface area contributed by atoms with Crippen molar-refractivity contribution in [3.63, 3.8) is 0 Å². The van der Waals surface area contributed by atoms with E-state index in [-0.39, 0.29) is 12.5 Å². The average molecular weight is 353 g/mol. The molecule has 7 nitrogen and oxygen atoms in total. The summed E-state index contributed by atoms with van der Waals surface area (Å²) in [6.07, 6.45) is 0. The average Bonchev–Trinajstić information content (AvgIpc) is 3.13. The van der Waals surface area contributed by atoms with Crippen LogP contribution < -0.4 is 5.32 Å². The van der Waals surface area contributed by atoms with Gasteiger partial charge in [0.1, 0.15) is 5.76 Å². The number of hydrogen-bond acceptors (Lipinski definition) is 5. The first-order valence-corrected chi connectivity index (χ1v) is 8.46. The van der Waals surface area contributed by atoms with E-state index in [1.165, 1.54) is 0 Å². The number of para-hydroxylation sites is 1. The summed E-state index contributed by atoms with van der Waals surface area (Å²) in [6, 6.07) is 11.7. The number of nitrogens with zero attached hydrogens (tertiary/aromatic N) is 4. The standard InChI is InChI=1S/C19H23N5O2/c1-13-10-18(22-26-13)20-19(25)12-23(4)11-17-14(2)21-24(15(17)3)16-8-6-5-7-9-16/h5-10H,11-12H2,1-4H3,(H,20,22,25). The third-order valence-electron chi connectivity index (χ3n) is 4.18. The van der Waals surface area contributed by atoms with Crippen molar-refractivity contribution in [2.24, 2.45) is 0 Å². The third kappa shape index (κ3) is 4.00. The van der Waals surface area contributed by atoms with Crippen molar-refractivity contribution in [1.82, 2.24) is 19.8 Å². The van der Waals surface area contributed by atoms with Gasteiger partial charge in [-0.05, 0) is 40.0 Å². The van der Waals surface area contributed by atoms with Crippen LogP contribution in [0.25, 0.3) is 5.69 Å². The minimum Gasteiger partial charge on any atom is -0.360 e. The molecule has 136 valence electrons. The van der Waals surface area contributed by atoms with Crippen LogP contribution in [0.2, 0.25) is 0 Å². The molecular weight excluding hydrogens is 330 g/mol. The van der Waals surface area contributed by atoms with Gasteiger partial charge in [-0.2, -0.15) is 5.10 Å². The lowest BCUT2D eigenvalue weighted by Crippen LogP contribution is -2.30. The van der Waals surface area contributed by atoms with Crippen molar-refractivity contribution >= 4 is 11.7 Å². The first kappa shape index (κ1) is 17.9. The fraction of sp³-hybridized carbons (Fsp3) is 0.316. The van der Waals surface area contributed by atoms with Crippen molar-refractivity contribution in [3.8, 4) is 5.69 Å². The number of carbonyl (C=O) groups is 1. The number of amides is 1. The van der Waals surface area contributed by atoms with Gasteiger partial charge >= 0.3 is 0 Å². The second-order valence-electron chi connectivity index (χ2n) is 6.44. The summed E-state index contributed by atoms with van der Waals surface area (Å²) in [5.41, 5.74) is 4.20. The maximum absolute atomic E-state index is 12.2. The van der Waals surface area contributed by atoms with Crippen molar-refractivity contribution in [2.45, 2.75) is 27.3 Å². The molecule has 2 aromatic heterocycles. The Balaban J connectivity index is 1.66. The summed E-state index contributed by atoms with van der Waals surface area (Å²) >= 11 is 0. The molecule has 0 aliphatic heterocycles. The van der Waals surface area contributed by atoms with Crippen molar-refractivity contribution in [1.29, 1.82) is 0 Å². The van der Waals surface area contributed by atoms with Crippen LogP contribution in [0.5, 0.6) is 0 Å². The SMILES string of the molecule is Cc1cc(NC(=O)CN(C)Cc2c(C)nn(-c3ccccc3)c2C)no1. The van der Waals surface area contributed by atoms with E-state index in [2.05, 4.69) is 22.5 Å². The van der Waals surface area contributed by atoms with Gasteiger partial charge in [0, 0.05) is 23.9 Å². The van der Waals surface area contributed by atoms with Crippen LogP contribution in [0.15, 0.2) is 40.9 Å². The van der Waals surface area contributed by atoms with Gasteiger partial charge in [0.05, 0.1) is 17.9 Å². The molecule has 0 bridgehead atoms. The van der Waals surface area contributed by atoms with Gasteiger partial charge in [-0.3, -0.25) is 9.69 Å². The monoisotopic (exact) mass is 353 g/mol. The Kier molecular flexibility index (Phi) is 5.18. The van der Waals surface area contributed by atoms with Gasteiger partial charge in [-0.1, -0.05) is 23.4 Å². The minimum absolute atomic E-state index is 0.133. The number of nitrogens with one attached hydrogen (secondary N) is 1. The van der Waals surface area contributed by atoms with Crippen LogP contribution in [-0.4, -0.2) is 39.3 Å². The van der Waals surface area contributed by atoms with E-state index < -0.39 is 0 Å². The summed E-state index contributed by atoms with van der Waals surface area (Å²) in [5, 5.41) is 11.2. The molecule has 0 spiro atoms. The van der Waals surface area contributed by atoms with Crippen LogP contribution in [0.3, 0.4) is 0 Å². The predicted octanol–water partition coefficient (Wildman–Crippen LogP) is 2.86. The van der Waals surface area contributed by atoms with E-state index >= 15 is 0 Å². The van der Waals surface area contributed by atoms with Crippen molar-refractivity contribution in [2.75, 3.05) is 18.9 Å². The highest BCUT2D eigenvalue weighted by atomic mass is 16.5. The van der Waals surface area contributed by atoms with Crippen LogP contribution >= 0.6 is 0 Å². The highest BCUT2D eigenvalue weighted by Gasteiger charge is 2.16. The second-order valence-corrected chi connectivity index (χ2v) is 6.44.